The maximum absolute atomic E-state index is 13.0. The molecule has 2 rings (SSSR count). The van der Waals surface area contributed by atoms with Gasteiger partial charge in [0.2, 0.25) is 11.7 Å². The molecule has 0 unspecified atom stereocenters. The number of nitro groups is 1. The van der Waals surface area contributed by atoms with Crippen LogP contribution in [0.4, 0.5) is 5.69 Å². The molecule has 2 amide bonds. The topological polar surface area (TPSA) is 111 Å². The third-order valence-corrected chi connectivity index (χ3v) is 4.83. The fourth-order valence-corrected chi connectivity index (χ4v) is 3.03. The number of halogens is 1. The van der Waals surface area contributed by atoms with E-state index in [2.05, 4.69) is 5.32 Å². The van der Waals surface area contributed by atoms with Gasteiger partial charge in [-0.25, -0.2) is 0 Å². The molecule has 1 N–H and O–H groups in total. The normalized spacial score (nSPS) is 11.6. The molecule has 1 atom stereocenters. The highest BCUT2D eigenvalue weighted by molar-refractivity contribution is 6.30. The van der Waals surface area contributed by atoms with Crippen LogP contribution < -0.4 is 14.8 Å². The highest BCUT2D eigenvalue weighted by atomic mass is 35.5. The lowest BCUT2D eigenvalue weighted by Gasteiger charge is -2.29. The molecule has 0 spiro atoms. The molecule has 0 saturated carbocycles. The third kappa shape index (κ3) is 6.84. The number of carbonyl (C=O) groups excluding carboxylic acids is 2. The minimum Gasteiger partial charge on any atom is -0.490 e. The van der Waals surface area contributed by atoms with Crippen molar-refractivity contribution in [2.24, 2.45) is 0 Å². The Morgan fingerprint density at radius 1 is 1.16 bits per heavy atom. The lowest BCUT2D eigenvalue weighted by atomic mass is 10.1. The number of hydrogen-bond acceptors (Lipinski definition) is 6. The van der Waals surface area contributed by atoms with E-state index in [1.807, 2.05) is 13.8 Å². The molecule has 2 aromatic carbocycles. The van der Waals surface area contributed by atoms with Crippen molar-refractivity contribution in [1.82, 2.24) is 10.2 Å². The number of rotatable bonds is 10. The summed E-state index contributed by atoms with van der Waals surface area (Å²) in [5.74, 6) is -0.475. The molecule has 0 aliphatic heterocycles. The van der Waals surface area contributed by atoms with E-state index in [4.69, 9.17) is 21.1 Å². The molecule has 10 heteroatoms. The summed E-state index contributed by atoms with van der Waals surface area (Å²) < 4.78 is 10.6. The molecule has 0 aliphatic rings. The lowest BCUT2D eigenvalue weighted by Crippen LogP contribution is -2.50. The van der Waals surface area contributed by atoms with Crippen molar-refractivity contribution in [2.45, 2.75) is 39.4 Å². The van der Waals surface area contributed by atoms with Crippen molar-refractivity contribution in [3.63, 3.8) is 0 Å². The molecule has 0 heterocycles. The second-order valence-electron chi connectivity index (χ2n) is 7.37. The highest BCUT2D eigenvalue weighted by Crippen LogP contribution is 2.30. The molecule has 2 aromatic rings. The Kier molecular flexibility index (Phi) is 8.83. The number of nitrogens with one attached hydrogen (secondary N) is 1. The van der Waals surface area contributed by atoms with Crippen LogP contribution in [0.15, 0.2) is 42.5 Å². The van der Waals surface area contributed by atoms with Gasteiger partial charge in [0, 0.05) is 29.7 Å². The van der Waals surface area contributed by atoms with Gasteiger partial charge >= 0.3 is 5.69 Å². The fourth-order valence-electron chi connectivity index (χ4n) is 2.90. The van der Waals surface area contributed by atoms with Crippen molar-refractivity contribution < 1.29 is 24.0 Å². The summed E-state index contributed by atoms with van der Waals surface area (Å²) in [7, 11) is 1.31. The molecule has 172 valence electrons. The zero-order chi connectivity index (χ0) is 23.8. The molecular weight excluding hydrogens is 438 g/mol. The molecular formula is C22H26ClN3O6. The van der Waals surface area contributed by atoms with Gasteiger partial charge in [-0.05, 0) is 44.5 Å². The van der Waals surface area contributed by atoms with Gasteiger partial charge in [-0.3, -0.25) is 19.7 Å². The Bertz CT molecular complexity index is 965. The summed E-state index contributed by atoms with van der Waals surface area (Å²) in [5, 5.41) is 14.4. The summed E-state index contributed by atoms with van der Waals surface area (Å²) in [4.78, 5) is 37.4. The van der Waals surface area contributed by atoms with Crippen LogP contribution in [0, 0.1) is 10.1 Å². The Morgan fingerprint density at radius 3 is 2.38 bits per heavy atom. The summed E-state index contributed by atoms with van der Waals surface area (Å²) >= 11 is 5.94. The second kappa shape index (κ2) is 11.3. The number of hydrogen-bond donors (Lipinski definition) is 1. The number of nitrogens with zero attached hydrogens (tertiary/aromatic N) is 2. The minimum atomic E-state index is -0.754. The van der Waals surface area contributed by atoms with Crippen LogP contribution in [0.1, 0.15) is 26.3 Å². The molecule has 0 fully saturated rings. The predicted molar refractivity (Wildman–Crippen MR) is 120 cm³/mol. The number of nitro benzene ring substituents is 1. The Balaban J connectivity index is 2.18. The van der Waals surface area contributed by atoms with Crippen LogP contribution >= 0.6 is 11.6 Å². The zero-order valence-corrected chi connectivity index (χ0v) is 19.1. The van der Waals surface area contributed by atoms with Crippen molar-refractivity contribution in [1.29, 1.82) is 0 Å². The first-order valence-corrected chi connectivity index (χ1v) is 10.3. The van der Waals surface area contributed by atoms with Crippen LogP contribution in [-0.2, 0) is 16.1 Å². The molecule has 0 aliphatic carbocycles. The largest absolute Gasteiger partial charge is 0.490 e. The van der Waals surface area contributed by atoms with Crippen molar-refractivity contribution in [3.05, 3.63) is 63.2 Å². The molecule has 9 nitrogen and oxygen atoms in total. The molecule has 0 aromatic heterocycles. The van der Waals surface area contributed by atoms with E-state index in [1.54, 1.807) is 31.2 Å². The first-order chi connectivity index (χ1) is 15.1. The van der Waals surface area contributed by atoms with Gasteiger partial charge in [-0.1, -0.05) is 23.7 Å². The number of benzene rings is 2. The fraction of sp³-hybridized carbons (Fsp3) is 0.364. The van der Waals surface area contributed by atoms with E-state index >= 15 is 0 Å². The molecule has 0 saturated heterocycles. The van der Waals surface area contributed by atoms with Crippen molar-refractivity contribution in [2.75, 3.05) is 13.7 Å². The first-order valence-electron chi connectivity index (χ1n) is 9.92. The van der Waals surface area contributed by atoms with E-state index < -0.39 is 16.9 Å². The lowest BCUT2D eigenvalue weighted by molar-refractivity contribution is -0.385. The zero-order valence-electron chi connectivity index (χ0n) is 18.3. The van der Waals surface area contributed by atoms with E-state index in [-0.39, 0.29) is 42.3 Å². The predicted octanol–water partition coefficient (Wildman–Crippen LogP) is 3.58. The van der Waals surface area contributed by atoms with Crippen LogP contribution in [0.2, 0.25) is 5.02 Å². The summed E-state index contributed by atoms with van der Waals surface area (Å²) in [5.41, 5.74) is 0.582. The highest BCUT2D eigenvalue weighted by Gasteiger charge is 2.27. The van der Waals surface area contributed by atoms with E-state index in [0.29, 0.717) is 5.02 Å². The Labute approximate surface area is 191 Å². The monoisotopic (exact) mass is 463 g/mol. The quantitative estimate of drug-likeness (QED) is 0.426. The second-order valence-corrected chi connectivity index (χ2v) is 7.80. The molecule has 0 radical (unpaired) electrons. The maximum Gasteiger partial charge on any atom is 0.311 e. The van der Waals surface area contributed by atoms with Crippen molar-refractivity contribution in [3.8, 4) is 11.5 Å². The van der Waals surface area contributed by atoms with Gasteiger partial charge in [-0.15, -0.1) is 0 Å². The van der Waals surface area contributed by atoms with Gasteiger partial charge < -0.3 is 19.7 Å². The Hall–Kier alpha value is -3.33. The standard InChI is InChI=1S/C22H26ClN3O6/c1-14(2)24-22(28)15(3)25(12-16-5-7-17(23)8-6-16)21(27)13-32-18-9-10-19(26(29)30)20(11-18)31-4/h5-11,14-15H,12-13H2,1-4H3,(H,24,28)/t15-/m1/s1. The van der Waals surface area contributed by atoms with Crippen LogP contribution in [-0.4, -0.2) is 47.4 Å². The molecule has 0 bridgehead atoms. The average Bonchev–Trinajstić information content (AvgIpc) is 2.75. The van der Waals surface area contributed by atoms with Gasteiger partial charge in [0.15, 0.2) is 6.61 Å². The minimum absolute atomic E-state index is 0.0163. The van der Waals surface area contributed by atoms with Gasteiger partial charge in [0.05, 0.1) is 12.0 Å². The summed E-state index contributed by atoms with van der Waals surface area (Å²) in [6.07, 6.45) is 0. The number of methoxy groups -OCH3 is 1. The number of ether oxygens (including phenoxy) is 2. The molecule has 32 heavy (non-hydrogen) atoms. The SMILES string of the molecule is COc1cc(OCC(=O)N(Cc2ccc(Cl)cc2)[C@H](C)C(=O)NC(C)C)ccc1[N+](=O)[O-]. The van der Waals surface area contributed by atoms with E-state index in [9.17, 15) is 19.7 Å². The summed E-state index contributed by atoms with van der Waals surface area (Å²) in [6.45, 7) is 5.12. The average molecular weight is 464 g/mol. The van der Waals surface area contributed by atoms with Crippen LogP contribution in [0.25, 0.3) is 0 Å². The smallest absolute Gasteiger partial charge is 0.311 e. The third-order valence-electron chi connectivity index (χ3n) is 4.57. The van der Waals surface area contributed by atoms with Gasteiger partial charge in [0.25, 0.3) is 5.91 Å². The van der Waals surface area contributed by atoms with Crippen LogP contribution in [0.5, 0.6) is 11.5 Å². The maximum atomic E-state index is 13.0. The summed E-state index contributed by atoms with van der Waals surface area (Å²) in [6, 6.07) is 10.1. The van der Waals surface area contributed by atoms with Crippen LogP contribution in [0.3, 0.4) is 0 Å². The van der Waals surface area contributed by atoms with Gasteiger partial charge in [0.1, 0.15) is 11.8 Å². The number of amides is 2. The number of carbonyl (C=O) groups is 2. The van der Waals surface area contributed by atoms with Crippen molar-refractivity contribution >= 4 is 29.1 Å². The van der Waals surface area contributed by atoms with Gasteiger partial charge in [-0.2, -0.15) is 0 Å². The first kappa shape index (κ1) is 24.9. The van der Waals surface area contributed by atoms with E-state index in [1.165, 1.54) is 30.2 Å². The Morgan fingerprint density at radius 2 is 1.81 bits per heavy atom. The van der Waals surface area contributed by atoms with E-state index in [0.717, 1.165) is 5.56 Å².